The molecular formula is C73H126O6. The van der Waals surface area contributed by atoms with E-state index in [1.165, 1.54) is 193 Å². The Morgan fingerprint density at radius 3 is 0.835 bits per heavy atom. The van der Waals surface area contributed by atoms with Crippen LogP contribution < -0.4 is 0 Å². The zero-order valence-electron chi connectivity index (χ0n) is 52.1. The van der Waals surface area contributed by atoms with E-state index in [0.717, 1.165) is 89.9 Å². The standard InChI is InChI=1S/C73H126O6/c1-4-7-10-13-16-19-22-25-28-31-34-35-36-37-40-42-45-48-51-54-57-60-63-66-72(75)78-69-70(79-73(76)67-64-61-58-55-52-49-46-43-39-33-30-27-24-21-18-15-12-9-6-3)68-77-71(74)65-62-59-56-53-50-47-44-41-38-32-29-26-23-20-17-14-11-8-5-2/h7,10,16,19,25,27-28,30,34-35,37,40,45,48,54,57,70H,4-6,8-9,11-15,17-18,20-24,26,29,31-33,36,38-39,41-44,46-47,49-53,55-56,58-69H2,1-3H3/b10-7-,19-16-,28-25-,30-27-,35-34-,40-37-,48-45-,57-54-. The number of allylic oxidation sites excluding steroid dienone is 16. The van der Waals surface area contributed by atoms with Crippen molar-refractivity contribution in [2.75, 3.05) is 13.2 Å². The van der Waals surface area contributed by atoms with E-state index in [1.54, 1.807) is 0 Å². The van der Waals surface area contributed by atoms with Crippen LogP contribution in [0.5, 0.6) is 0 Å². The third-order valence-corrected chi connectivity index (χ3v) is 14.6. The van der Waals surface area contributed by atoms with E-state index in [1.807, 2.05) is 0 Å². The minimum atomic E-state index is -0.803. The maximum atomic E-state index is 12.9. The lowest BCUT2D eigenvalue weighted by Crippen LogP contribution is -2.30. The molecule has 0 spiro atoms. The van der Waals surface area contributed by atoms with Crippen molar-refractivity contribution in [3.05, 3.63) is 97.2 Å². The summed E-state index contributed by atoms with van der Waals surface area (Å²) in [6, 6.07) is 0. The van der Waals surface area contributed by atoms with Crippen LogP contribution in [-0.2, 0) is 28.6 Å². The van der Waals surface area contributed by atoms with Crippen molar-refractivity contribution in [3.63, 3.8) is 0 Å². The van der Waals surface area contributed by atoms with E-state index < -0.39 is 6.10 Å². The summed E-state index contributed by atoms with van der Waals surface area (Å²) in [4.78, 5) is 38.4. The Morgan fingerprint density at radius 2 is 0.506 bits per heavy atom. The Balaban J connectivity index is 4.46. The molecule has 0 aliphatic rings. The molecule has 6 nitrogen and oxygen atoms in total. The van der Waals surface area contributed by atoms with Gasteiger partial charge in [-0.1, -0.05) is 311 Å². The summed E-state index contributed by atoms with van der Waals surface area (Å²) >= 11 is 0. The van der Waals surface area contributed by atoms with Gasteiger partial charge in [0.2, 0.25) is 0 Å². The van der Waals surface area contributed by atoms with Gasteiger partial charge >= 0.3 is 17.9 Å². The smallest absolute Gasteiger partial charge is 0.306 e. The molecule has 1 unspecified atom stereocenters. The molecule has 1 atom stereocenters. The third kappa shape index (κ3) is 65.0. The first-order valence-corrected chi connectivity index (χ1v) is 33.7. The number of carbonyl (C=O) groups is 3. The first-order valence-electron chi connectivity index (χ1n) is 33.7. The minimum absolute atomic E-state index is 0.0935. The molecule has 0 rings (SSSR count). The Kier molecular flexibility index (Phi) is 63.7. The van der Waals surface area contributed by atoms with Crippen LogP contribution in [0.25, 0.3) is 0 Å². The van der Waals surface area contributed by atoms with Gasteiger partial charge in [0.1, 0.15) is 13.2 Å². The number of hydrogen-bond donors (Lipinski definition) is 0. The second-order valence-corrected chi connectivity index (χ2v) is 22.4. The van der Waals surface area contributed by atoms with E-state index in [0.29, 0.717) is 19.3 Å². The highest BCUT2D eigenvalue weighted by Gasteiger charge is 2.19. The van der Waals surface area contributed by atoms with Crippen LogP contribution in [0.15, 0.2) is 97.2 Å². The summed E-state index contributed by atoms with van der Waals surface area (Å²) in [5.74, 6) is -0.942. The SMILES string of the molecule is CC/C=C\C/C=C\C/C=C\C/C=C\C/C=C\C/C=C\C/C=C\CCCC(=O)OCC(COC(=O)CCCCCCCCCCCCCCCCCCCCC)OC(=O)CCCCCCCCCCC/C=C\CCCCCCCC. The van der Waals surface area contributed by atoms with E-state index in [2.05, 4.69) is 118 Å². The van der Waals surface area contributed by atoms with Gasteiger partial charge in [0.25, 0.3) is 0 Å². The molecular weight excluding hydrogens is 973 g/mol. The predicted octanol–water partition coefficient (Wildman–Crippen LogP) is 23.2. The number of carbonyl (C=O) groups excluding carboxylic acids is 3. The summed E-state index contributed by atoms with van der Waals surface area (Å²) in [6.07, 6.45) is 89.9. The monoisotopic (exact) mass is 1100 g/mol. The van der Waals surface area contributed by atoms with Gasteiger partial charge in [-0.25, -0.2) is 0 Å². The second kappa shape index (κ2) is 66.8. The lowest BCUT2D eigenvalue weighted by molar-refractivity contribution is -0.167. The van der Waals surface area contributed by atoms with Crippen LogP contribution in [0.4, 0.5) is 0 Å². The molecule has 6 heteroatoms. The summed E-state index contributed by atoms with van der Waals surface area (Å²) in [6.45, 7) is 6.52. The van der Waals surface area contributed by atoms with Crippen LogP contribution in [0, 0.1) is 0 Å². The normalized spacial score (nSPS) is 12.7. The molecule has 0 radical (unpaired) electrons. The Labute approximate surface area is 489 Å². The van der Waals surface area contributed by atoms with Gasteiger partial charge in [0.05, 0.1) is 0 Å². The molecule has 0 saturated heterocycles. The van der Waals surface area contributed by atoms with Gasteiger partial charge in [-0.15, -0.1) is 0 Å². The van der Waals surface area contributed by atoms with Gasteiger partial charge in [0.15, 0.2) is 6.10 Å². The fraction of sp³-hybridized carbons (Fsp3) is 0.740. The molecule has 0 aromatic carbocycles. The molecule has 0 aromatic heterocycles. The van der Waals surface area contributed by atoms with Crippen LogP contribution >= 0.6 is 0 Å². The van der Waals surface area contributed by atoms with Crippen molar-refractivity contribution in [2.24, 2.45) is 0 Å². The topological polar surface area (TPSA) is 78.9 Å². The summed E-state index contributed by atoms with van der Waals surface area (Å²) in [5.41, 5.74) is 0. The van der Waals surface area contributed by atoms with Crippen LogP contribution in [0.1, 0.15) is 329 Å². The Hall–Kier alpha value is -3.67. The van der Waals surface area contributed by atoms with E-state index in [9.17, 15) is 14.4 Å². The fourth-order valence-electron chi connectivity index (χ4n) is 9.55. The number of esters is 3. The van der Waals surface area contributed by atoms with Gasteiger partial charge < -0.3 is 14.2 Å². The van der Waals surface area contributed by atoms with Crippen LogP contribution in [0.3, 0.4) is 0 Å². The summed E-state index contributed by atoms with van der Waals surface area (Å²) < 4.78 is 16.9. The molecule has 0 fully saturated rings. The molecule has 79 heavy (non-hydrogen) atoms. The van der Waals surface area contributed by atoms with Crippen molar-refractivity contribution in [2.45, 2.75) is 335 Å². The first-order chi connectivity index (χ1) is 39.0. The average molecular weight is 1100 g/mol. The lowest BCUT2D eigenvalue weighted by Gasteiger charge is -2.18. The molecule has 454 valence electrons. The molecule has 0 saturated carbocycles. The second-order valence-electron chi connectivity index (χ2n) is 22.4. The van der Waals surface area contributed by atoms with E-state index in [-0.39, 0.29) is 37.5 Å². The maximum Gasteiger partial charge on any atom is 0.306 e. The Morgan fingerprint density at radius 1 is 0.266 bits per heavy atom. The zero-order chi connectivity index (χ0) is 57.1. The number of ether oxygens (including phenoxy) is 3. The highest BCUT2D eigenvalue weighted by molar-refractivity contribution is 5.71. The van der Waals surface area contributed by atoms with E-state index in [4.69, 9.17) is 14.2 Å². The Bertz CT molecular complexity index is 1540. The molecule has 0 aliphatic carbocycles. The van der Waals surface area contributed by atoms with Gasteiger partial charge in [-0.2, -0.15) is 0 Å². The predicted molar refractivity (Wildman–Crippen MR) is 344 cm³/mol. The highest BCUT2D eigenvalue weighted by Crippen LogP contribution is 2.17. The summed E-state index contributed by atoms with van der Waals surface area (Å²) in [7, 11) is 0. The molecule has 0 bridgehead atoms. The fourth-order valence-corrected chi connectivity index (χ4v) is 9.55. The minimum Gasteiger partial charge on any atom is -0.462 e. The average Bonchev–Trinajstić information content (AvgIpc) is 3.45. The van der Waals surface area contributed by atoms with Crippen molar-refractivity contribution < 1.29 is 28.6 Å². The molecule has 0 amide bonds. The van der Waals surface area contributed by atoms with Crippen molar-refractivity contribution >= 4 is 17.9 Å². The molecule has 0 heterocycles. The van der Waals surface area contributed by atoms with Crippen molar-refractivity contribution in [1.82, 2.24) is 0 Å². The van der Waals surface area contributed by atoms with Gasteiger partial charge in [-0.05, 0) is 96.3 Å². The van der Waals surface area contributed by atoms with Gasteiger partial charge in [0, 0.05) is 19.3 Å². The number of hydrogen-bond acceptors (Lipinski definition) is 6. The number of rotatable bonds is 61. The lowest BCUT2D eigenvalue weighted by atomic mass is 10.0. The van der Waals surface area contributed by atoms with Crippen LogP contribution in [-0.4, -0.2) is 37.2 Å². The van der Waals surface area contributed by atoms with Crippen LogP contribution in [0.2, 0.25) is 0 Å². The van der Waals surface area contributed by atoms with Crippen molar-refractivity contribution in [3.8, 4) is 0 Å². The third-order valence-electron chi connectivity index (χ3n) is 14.6. The summed E-state index contributed by atoms with van der Waals surface area (Å²) in [5, 5.41) is 0. The van der Waals surface area contributed by atoms with E-state index >= 15 is 0 Å². The highest BCUT2D eigenvalue weighted by atomic mass is 16.6. The largest absolute Gasteiger partial charge is 0.462 e. The quantitative estimate of drug-likeness (QED) is 0.0261. The molecule has 0 aliphatic heterocycles. The number of unbranched alkanes of at least 4 members (excludes halogenated alkanes) is 34. The zero-order valence-corrected chi connectivity index (χ0v) is 52.1. The molecule has 0 N–H and O–H groups in total. The first kappa shape index (κ1) is 75.3. The maximum absolute atomic E-state index is 12.9. The van der Waals surface area contributed by atoms with Gasteiger partial charge in [-0.3, -0.25) is 14.4 Å². The van der Waals surface area contributed by atoms with Crippen molar-refractivity contribution in [1.29, 1.82) is 0 Å². The molecule has 0 aromatic rings.